The van der Waals surface area contributed by atoms with Gasteiger partial charge < -0.3 is 5.32 Å². The Labute approximate surface area is 180 Å². The minimum Gasteiger partial charge on any atom is -0.318 e. The highest BCUT2D eigenvalue weighted by Crippen LogP contribution is 2.19. The largest absolute Gasteiger partial charge is 0.318 e. The van der Waals surface area contributed by atoms with Crippen LogP contribution in [0.2, 0.25) is 0 Å². The van der Waals surface area contributed by atoms with Gasteiger partial charge >= 0.3 is 0 Å². The fraction of sp³-hybridized carbons (Fsp3) is 0.200. The molecule has 4 aromatic rings. The van der Waals surface area contributed by atoms with Crippen molar-refractivity contribution in [1.82, 2.24) is 29.3 Å². The number of carbonyl (C=O) groups excluding carboxylic acids is 1. The molecule has 1 N–H and O–H groups in total. The molecule has 0 unspecified atom stereocenters. The van der Waals surface area contributed by atoms with Crippen LogP contribution in [0.1, 0.15) is 27.4 Å². The Bertz CT molecular complexity index is 1210. The van der Waals surface area contributed by atoms with Crippen LogP contribution in [0.3, 0.4) is 0 Å². The number of nitrogens with one attached hydrogen (secondary N) is 1. The Hall–Kier alpha value is -3.27. The Morgan fingerprint density at radius 2 is 1.97 bits per heavy atom. The second kappa shape index (κ2) is 8.23. The summed E-state index contributed by atoms with van der Waals surface area (Å²) in [5.41, 5.74) is 3.18. The summed E-state index contributed by atoms with van der Waals surface area (Å²) in [5, 5.41) is 15.7. The van der Waals surface area contributed by atoms with Crippen molar-refractivity contribution < 1.29 is 9.18 Å². The van der Waals surface area contributed by atoms with E-state index in [1.165, 1.54) is 12.3 Å². The van der Waals surface area contributed by atoms with Gasteiger partial charge in [-0.3, -0.25) is 14.2 Å². The lowest BCUT2D eigenvalue weighted by Gasteiger charge is -2.04. The Morgan fingerprint density at radius 3 is 2.70 bits per heavy atom. The van der Waals surface area contributed by atoms with E-state index in [0.29, 0.717) is 17.9 Å². The lowest BCUT2D eigenvalue weighted by molar-refractivity contribution is 0.102. The van der Waals surface area contributed by atoms with E-state index >= 15 is 0 Å². The summed E-state index contributed by atoms with van der Waals surface area (Å²) in [7, 11) is 0. The fourth-order valence-corrected chi connectivity index (χ4v) is 3.31. The SMILES string of the molecule is Cc1nn(Cn2ccc(C(=O)Nc3cnn(Cc4ccccc4F)c3)n2)c(C)c1Br. The first-order valence-electron chi connectivity index (χ1n) is 9.21. The van der Waals surface area contributed by atoms with Crippen LogP contribution in [0.15, 0.2) is 53.4 Å². The van der Waals surface area contributed by atoms with Crippen molar-refractivity contribution in [2.24, 2.45) is 0 Å². The number of nitrogens with zero attached hydrogens (tertiary/aromatic N) is 6. The van der Waals surface area contributed by atoms with Gasteiger partial charge in [-0.15, -0.1) is 0 Å². The van der Waals surface area contributed by atoms with E-state index in [-0.39, 0.29) is 24.0 Å². The topological polar surface area (TPSA) is 82.6 Å². The number of benzene rings is 1. The maximum absolute atomic E-state index is 13.8. The number of hydrogen-bond donors (Lipinski definition) is 1. The number of amides is 1. The van der Waals surface area contributed by atoms with Gasteiger partial charge in [-0.05, 0) is 41.9 Å². The summed E-state index contributed by atoms with van der Waals surface area (Å²) in [6.07, 6.45) is 4.89. The minimum atomic E-state index is -0.353. The molecular weight excluding hydrogens is 453 g/mol. The van der Waals surface area contributed by atoms with Gasteiger partial charge in [0.05, 0.1) is 34.3 Å². The first-order valence-corrected chi connectivity index (χ1v) is 10.00. The van der Waals surface area contributed by atoms with Crippen molar-refractivity contribution in [3.63, 3.8) is 0 Å². The van der Waals surface area contributed by atoms with Crippen LogP contribution >= 0.6 is 15.9 Å². The molecule has 10 heteroatoms. The molecule has 1 aromatic carbocycles. The van der Waals surface area contributed by atoms with Crippen LogP contribution in [0.25, 0.3) is 0 Å². The third-order valence-electron chi connectivity index (χ3n) is 4.63. The van der Waals surface area contributed by atoms with E-state index in [1.807, 2.05) is 13.8 Å². The predicted octanol–water partition coefficient (Wildman–Crippen LogP) is 3.60. The monoisotopic (exact) mass is 471 g/mol. The summed E-state index contributed by atoms with van der Waals surface area (Å²) in [6, 6.07) is 8.15. The summed E-state index contributed by atoms with van der Waals surface area (Å²) in [5.74, 6) is -0.646. The predicted molar refractivity (Wildman–Crippen MR) is 113 cm³/mol. The Balaban J connectivity index is 1.41. The summed E-state index contributed by atoms with van der Waals surface area (Å²) in [6.45, 7) is 4.55. The van der Waals surface area contributed by atoms with E-state index in [2.05, 4.69) is 36.5 Å². The van der Waals surface area contributed by atoms with Gasteiger partial charge in [0.2, 0.25) is 0 Å². The highest BCUT2D eigenvalue weighted by atomic mass is 79.9. The molecule has 0 aliphatic heterocycles. The number of carbonyl (C=O) groups is 1. The lowest BCUT2D eigenvalue weighted by atomic mass is 10.2. The molecule has 0 bridgehead atoms. The van der Waals surface area contributed by atoms with Crippen molar-refractivity contribution in [3.05, 3.63) is 81.9 Å². The van der Waals surface area contributed by atoms with Crippen molar-refractivity contribution in [3.8, 4) is 0 Å². The zero-order chi connectivity index (χ0) is 21.3. The molecule has 1 amide bonds. The lowest BCUT2D eigenvalue weighted by Crippen LogP contribution is -2.15. The van der Waals surface area contributed by atoms with Crippen LogP contribution in [-0.4, -0.2) is 35.2 Å². The van der Waals surface area contributed by atoms with E-state index < -0.39 is 0 Å². The van der Waals surface area contributed by atoms with Crippen molar-refractivity contribution in [2.75, 3.05) is 5.32 Å². The van der Waals surface area contributed by atoms with Gasteiger partial charge in [-0.1, -0.05) is 18.2 Å². The number of halogens is 2. The zero-order valence-corrected chi connectivity index (χ0v) is 18.0. The standard InChI is InChI=1S/C20H19BrFN7O/c1-13-19(21)14(2)29(25-13)12-27-8-7-18(26-27)20(30)24-16-9-23-28(11-16)10-15-5-3-4-6-17(15)22/h3-9,11H,10,12H2,1-2H3,(H,24,30). The summed E-state index contributed by atoms with van der Waals surface area (Å²) >= 11 is 3.50. The van der Waals surface area contributed by atoms with E-state index in [9.17, 15) is 9.18 Å². The normalized spacial score (nSPS) is 11.1. The number of anilines is 1. The van der Waals surface area contributed by atoms with Gasteiger partial charge in [0.25, 0.3) is 5.91 Å². The molecule has 8 nitrogen and oxygen atoms in total. The fourth-order valence-electron chi connectivity index (χ4n) is 3.02. The Kier molecular flexibility index (Phi) is 5.49. The average Bonchev–Trinajstić information content (AvgIpc) is 3.42. The van der Waals surface area contributed by atoms with Gasteiger partial charge in [0.1, 0.15) is 12.5 Å². The highest BCUT2D eigenvalue weighted by molar-refractivity contribution is 9.10. The van der Waals surface area contributed by atoms with Crippen molar-refractivity contribution in [1.29, 1.82) is 0 Å². The molecule has 3 heterocycles. The Morgan fingerprint density at radius 1 is 1.17 bits per heavy atom. The third-order valence-corrected chi connectivity index (χ3v) is 5.77. The van der Waals surface area contributed by atoms with Crippen LogP contribution in [0.4, 0.5) is 10.1 Å². The van der Waals surface area contributed by atoms with Gasteiger partial charge in [0.15, 0.2) is 5.69 Å². The summed E-state index contributed by atoms with van der Waals surface area (Å²) < 4.78 is 19.8. The van der Waals surface area contributed by atoms with E-state index in [1.54, 1.807) is 50.7 Å². The first kappa shape index (κ1) is 20.0. The molecule has 0 saturated heterocycles. The van der Waals surface area contributed by atoms with E-state index in [4.69, 9.17) is 0 Å². The second-order valence-electron chi connectivity index (χ2n) is 6.84. The van der Waals surface area contributed by atoms with Gasteiger partial charge in [-0.25, -0.2) is 9.07 Å². The molecule has 0 radical (unpaired) electrons. The maximum Gasteiger partial charge on any atom is 0.276 e. The van der Waals surface area contributed by atoms with E-state index in [0.717, 1.165) is 15.9 Å². The number of hydrogen-bond acceptors (Lipinski definition) is 4. The summed E-state index contributed by atoms with van der Waals surface area (Å²) in [4.78, 5) is 12.5. The van der Waals surface area contributed by atoms with Crippen molar-refractivity contribution >= 4 is 27.5 Å². The molecule has 3 aromatic heterocycles. The average molecular weight is 472 g/mol. The molecular formula is C20H19BrFN7O. The molecule has 0 fully saturated rings. The van der Waals surface area contributed by atoms with Crippen LogP contribution in [0, 0.1) is 19.7 Å². The molecule has 30 heavy (non-hydrogen) atoms. The second-order valence-corrected chi connectivity index (χ2v) is 7.63. The van der Waals surface area contributed by atoms with Gasteiger partial charge in [-0.2, -0.15) is 15.3 Å². The molecule has 0 saturated carbocycles. The van der Waals surface area contributed by atoms with Crippen LogP contribution in [-0.2, 0) is 13.2 Å². The molecule has 0 aliphatic carbocycles. The van der Waals surface area contributed by atoms with Crippen LogP contribution in [0.5, 0.6) is 0 Å². The number of aryl methyl sites for hydroxylation is 1. The number of rotatable bonds is 6. The maximum atomic E-state index is 13.8. The minimum absolute atomic E-state index is 0.273. The molecule has 4 rings (SSSR count). The highest BCUT2D eigenvalue weighted by Gasteiger charge is 2.13. The molecule has 0 spiro atoms. The smallest absolute Gasteiger partial charge is 0.276 e. The van der Waals surface area contributed by atoms with Crippen molar-refractivity contribution in [2.45, 2.75) is 27.1 Å². The quantitative estimate of drug-likeness (QED) is 0.465. The van der Waals surface area contributed by atoms with Crippen LogP contribution < -0.4 is 5.32 Å². The molecule has 0 atom stereocenters. The number of aromatic nitrogens is 6. The third kappa shape index (κ3) is 4.18. The first-order chi connectivity index (χ1) is 14.4. The molecule has 0 aliphatic rings. The van der Waals surface area contributed by atoms with Gasteiger partial charge in [0, 0.05) is 18.0 Å². The zero-order valence-electron chi connectivity index (χ0n) is 16.4. The molecule has 154 valence electrons.